The zero-order valence-electron chi connectivity index (χ0n) is 10.9. The van der Waals surface area contributed by atoms with E-state index < -0.39 is 0 Å². The molecule has 100 valence electrons. The Bertz CT molecular complexity index is 379. The predicted octanol–water partition coefficient (Wildman–Crippen LogP) is 0.968. The van der Waals surface area contributed by atoms with Gasteiger partial charge in [0.1, 0.15) is 12.2 Å². The van der Waals surface area contributed by atoms with Gasteiger partial charge in [0.2, 0.25) is 5.91 Å². The van der Waals surface area contributed by atoms with Crippen molar-refractivity contribution in [3.63, 3.8) is 0 Å². The molecule has 6 nitrogen and oxygen atoms in total. The van der Waals surface area contributed by atoms with Gasteiger partial charge in [-0.3, -0.25) is 9.89 Å². The van der Waals surface area contributed by atoms with Gasteiger partial charge in [-0.05, 0) is 19.3 Å². The second kappa shape index (κ2) is 5.95. The first kappa shape index (κ1) is 13.0. The van der Waals surface area contributed by atoms with Crippen LogP contribution in [0.15, 0.2) is 6.33 Å². The third-order valence-corrected chi connectivity index (χ3v) is 3.39. The van der Waals surface area contributed by atoms with Crippen LogP contribution < -0.4 is 0 Å². The van der Waals surface area contributed by atoms with Crippen LogP contribution in [0.3, 0.4) is 0 Å². The first-order valence-electron chi connectivity index (χ1n) is 6.43. The van der Waals surface area contributed by atoms with Gasteiger partial charge in [-0.15, -0.1) is 0 Å². The molecule has 0 radical (unpaired) electrons. The summed E-state index contributed by atoms with van der Waals surface area (Å²) in [7, 11) is 1.80. The fourth-order valence-electron chi connectivity index (χ4n) is 2.42. The van der Waals surface area contributed by atoms with Crippen LogP contribution in [0.25, 0.3) is 0 Å². The fourth-order valence-corrected chi connectivity index (χ4v) is 2.42. The molecule has 2 rings (SSSR count). The smallest absolute Gasteiger partial charge is 0.228 e. The summed E-state index contributed by atoms with van der Waals surface area (Å²) in [6, 6.07) is 0. The molecule has 0 unspecified atom stereocenters. The maximum atomic E-state index is 12.4. The fraction of sp³-hybridized carbons (Fsp3) is 0.750. The number of hydrogen-bond acceptors (Lipinski definition) is 4. The van der Waals surface area contributed by atoms with Crippen molar-refractivity contribution in [2.45, 2.75) is 38.8 Å². The molecule has 1 aromatic heterocycles. The number of hydrogen-bond donors (Lipinski definition) is 1. The van der Waals surface area contributed by atoms with Crippen molar-refractivity contribution in [3.8, 4) is 0 Å². The number of rotatable bonds is 4. The minimum atomic E-state index is -0.0170. The van der Waals surface area contributed by atoms with Gasteiger partial charge in [-0.1, -0.05) is 6.92 Å². The molecule has 1 aliphatic rings. The molecule has 1 amide bonds. The minimum Gasteiger partial charge on any atom is -0.377 e. The normalized spacial score (nSPS) is 23.9. The van der Waals surface area contributed by atoms with E-state index >= 15 is 0 Å². The number of H-pyrrole nitrogens is 1. The lowest BCUT2D eigenvalue weighted by atomic mass is 9.91. The van der Waals surface area contributed by atoms with Crippen molar-refractivity contribution in [1.82, 2.24) is 20.1 Å². The highest BCUT2D eigenvalue weighted by Gasteiger charge is 2.32. The molecule has 6 heteroatoms. The van der Waals surface area contributed by atoms with E-state index in [4.69, 9.17) is 4.74 Å². The van der Waals surface area contributed by atoms with Crippen molar-refractivity contribution < 1.29 is 9.53 Å². The molecule has 0 saturated carbocycles. The predicted molar refractivity (Wildman–Crippen MR) is 65.6 cm³/mol. The third-order valence-electron chi connectivity index (χ3n) is 3.39. The Hall–Kier alpha value is -1.43. The molecule has 2 atom stereocenters. The van der Waals surface area contributed by atoms with Gasteiger partial charge >= 0.3 is 0 Å². The van der Waals surface area contributed by atoms with Gasteiger partial charge in [-0.25, -0.2) is 4.98 Å². The van der Waals surface area contributed by atoms with E-state index in [1.807, 2.05) is 0 Å². The van der Waals surface area contributed by atoms with Crippen LogP contribution in [-0.2, 0) is 16.1 Å². The summed E-state index contributed by atoms with van der Waals surface area (Å²) >= 11 is 0. The van der Waals surface area contributed by atoms with Gasteiger partial charge in [0.25, 0.3) is 0 Å². The number of amides is 1. The van der Waals surface area contributed by atoms with E-state index in [2.05, 4.69) is 22.1 Å². The van der Waals surface area contributed by atoms with Gasteiger partial charge in [0.15, 0.2) is 0 Å². The van der Waals surface area contributed by atoms with Crippen LogP contribution in [0.5, 0.6) is 0 Å². The van der Waals surface area contributed by atoms with E-state index in [-0.39, 0.29) is 17.9 Å². The highest BCUT2D eigenvalue weighted by atomic mass is 16.5. The van der Waals surface area contributed by atoms with Crippen LogP contribution in [0.1, 0.15) is 32.0 Å². The molecule has 1 saturated heterocycles. The van der Waals surface area contributed by atoms with Crippen molar-refractivity contribution in [1.29, 1.82) is 0 Å². The first-order chi connectivity index (χ1) is 8.72. The first-order valence-corrected chi connectivity index (χ1v) is 6.43. The van der Waals surface area contributed by atoms with Crippen LogP contribution in [0.4, 0.5) is 0 Å². The van der Waals surface area contributed by atoms with Gasteiger partial charge in [0, 0.05) is 13.7 Å². The number of ether oxygens (including phenoxy) is 1. The summed E-state index contributed by atoms with van der Waals surface area (Å²) in [4.78, 5) is 18.1. The maximum absolute atomic E-state index is 12.4. The van der Waals surface area contributed by atoms with Gasteiger partial charge in [-0.2, -0.15) is 5.10 Å². The van der Waals surface area contributed by atoms with E-state index in [0.717, 1.165) is 25.9 Å². The monoisotopic (exact) mass is 252 g/mol. The standard InChI is InChI=1S/C12H20N4O2/c1-3-10-9(5-4-6-18-10)12(17)16(2)7-11-13-8-14-15-11/h8-10H,3-7H2,1-2H3,(H,13,14,15)/t9-,10-/m1/s1. The van der Waals surface area contributed by atoms with Gasteiger partial charge < -0.3 is 9.64 Å². The molecule has 18 heavy (non-hydrogen) atoms. The maximum Gasteiger partial charge on any atom is 0.228 e. The lowest BCUT2D eigenvalue weighted by Gasteiger charge is -2.32. The molecule has 0 spiro atoms. The lowest BCUT2D eigenvalue weighted by Crippen LogP contribution is -2.42. The van der Waals surface area contributed by atoms with Crippen LogP contribution in [0, 0.1) is 5.92 Å². The highest BCUT2D eigenvalue weighted by Crippen LogP contribution is 2.25. The largest absolute Gasteiger partial charge is 0.377 e. The van der Waals surface area contributed by atoms with Crippen LogP contribution in [-0.4, -0.2) is 45.7 Å². The van der Waals surface area contributed by atoms with E-state index in [0.29, 0.717) is 12.4 Å². The molecule has 0 bridgehead atoms. The Balaban J connectivity index is 1.96. The van der Waals surface area contributed by atoms with Crippen molar-refractivity contribution in [3.05, 3.63) is 12.2 Å². The van der Waals surface area contributed by atoms with E-state index in [1.165, 1.54) is 6.33 Å². The Morgan fingerprint density at radius 3 is 3.17 bits per heavy atom. The summed E-state index contributed by atoms with van der Waals surface area (Å²) in [5.74, 6) is 0.824. The minimum absolute atomic E-state index is 0.0170. The number of nitrogens with one attached hydrogen (secondary N) is 1. The SMILES string of the molecule is CC[C@H]1OCCC[C@H]1C(=O)N(C)Cc1ncn[nH]1. The number of aromatic nitrogens is 3. The Kier molecular flexibility index (Phi) is 4.30. The van der Waals surface area contributed by atoms with Crippen LogP contribution in [0.2, 0.25) is 0 Å². The molecule has 0 aliphatic carbocycles. The quantitative estimate of drug-likeness (QED) is 0.866. The van der Waals surface area contributed by atoms with Crippen molar-refractivity contribution >= 4 is 5.91 Å². The number of carbonyl (C=O) groups is 1. The Morgan fingerprint density at radius 1 is 1.67 bits per heavy atom. The Labute approximate surface area is 107 Å². The van der Waals surface area contributed by atoms with Crippen molar-refractivity contribution in [2.24, 2.45) is 5.92 Å². The summed E-state index contributed by atoms with van der Waals surface area (Å²) in [6.07, 6.45) is 4.27. The lowest BCUT2D eigenvalue weighted by molar-refractivity contribution is -0.144. The van der Waals surface area contributed by atoms with E-state index in [9.17, 15) is 4.79 Å². The van der Waals surface area contributed by atoms with Gasteiger partial charge in [0.05, 0.1) is 18.6 Å². The number of nitrogens with zero attached hydrogens (tertiary/aromatic N) is 3. The Morgan fingerprint density at radius 2 is 2.50 bits per heavy atom. The molecule has 1 N–H and O–H groups in total. The molecular weight excluding hydrogens is 232 g/mol. The molecular formula is C12H20N4O2. The summed E-state index contributed by atoms with van der Waals surface area (Å²) in [6.45, 7) is 3.30. The average Bonchev–Trinajstić information content (AvgIpc) is 2.90. The zero-order valence-corrected chi connectivity index (χ0v) is 10.9. The van der Waals surface area contributed by atoms with E-state index in [1.54, 1.807) is 11.9 Å². The second-order valence-corrected chi connectivity index (χ2v) is 4.69. The zero-order chi connectivity index (χ0) is 13.0. The average molecular weight is 252 g/mol. The molecule has 1 fully saturated rings. The summed E-state index contributed by atoms with van der Waals surface area (Å²) < 4.78 is 5.66. The topological polar surface area (TPSA) is 71.1 Å². The molecule has 1 aromatic rings. The van der Waals surface area contributed by atoms with Crippen molar-refractivity contribution in [2.75, 3.05) is 13.7 Å². The molecule has 0 aromatic carbocycles. The second-order valence-electron chi connectivity index (χ2n) is 4.69. The number of aromatic amines is 1. The molecule has 1 aliphatic heterocycles. The number of carbonyl (C=O) groups excluding carboxylic acids is 1. The van der Waals surface area contributed by atoms with Crippen LogP contribution >= 0.6 is 0 Å². The summed E-state index contributed by atoms with van der Waals surface area (Å²) in [5.41, 5.74) is 0. The summed E-state index contributed by atoms with van der Waals surface area (Å²) in [5, 5.41) is 6.54. The molecule has 2 heterocycles. The highest BCUT2D eigenvalue weighted by molar-refractivity contribution is 5.79. The third kappa shape index (κ3) is 2.87.